The summed E-state index contributed by atoms with van der Waals surface area (Å²) in [6, 6.07) is 8.63. The number of hydrogen-bond acceptors (Lipinski definition) is 5. The Kier molecular flexibility index (Phi) is 6.06. The molecule has 8 nitrogen and oxygen atoms in total. The molecule has 8 heteroatoms. The molecule has 2 heterocycles. The van der Waals surface area contributed by atoms with Crippen molar-refractivity contribution in [1.29, 1.82) is 0 Å². The molecule has 2 N–H and O–H groups in total. The highest BCUT2D eigenvalue weighted by Gasteiger charge is 2.59. The maximum atomic E-state index is 13.4. The minimum Gasteiger partial charge on any atom is -0.465 e. The highest BCUT2D eigenvalue weighted by molar-refractivity contribution is 5.95. The number of aliphatic hydroxyl groups excluding tert-OH is 1. The number of hydrogen-bond donors (Lipinski definition) is 2. The van der Waals surface area contributed by atoms with Crippen LogP contribution in [-0.4, -0.2) is 62.3 Å². The third kappa shape index (κ3) is 3.67. The van der Waals surface area contributed by atoms with Gasteiger partial charge in [0.25, 0.3) is 0 Å². The third-order valence-corrected chi connectivity index (χ3v) is 6.94. The second kappa shape index (κ2) is 8.15. The largest absolute Gasteiger partial charge is 0.465 e. The summed E-state index contributed by atoms with van der Waals surface area (Å²) in [4.78, 5) is 40.3. The number of imide groups is 1. The number of carbonyl (C=O) groups excluding carboxylic acids is 2. The number of cyclic esters (lactones) is 1. The zero-order valence-corrected chi connectivity index (χ0v) is 18.7. The quantitative estimate of drug-likeness (QED) is 0.752. The van der Waals surface area contributed by atoms with Crippen LogP contribution in [0.25, 0.3) is 0 Å². The molecule has 3 rings (SSSR count). The van der Waals surface area contributed by atoms with Crippen molar-refractivity contribution in [3.8, 4) is 0 Å². The van der Waals surface area contributed by atoms with Crippen molar-refractivity contribution in [1.82, 2.24) is 9.80 Å². The molecule has 0 bridgehead atoms. The molecule has 0 aromatic heterocycles. The summed E-state index contributed by atoms with van der Waals surface area (Å²) in [6.07, 6.45) is -2.72. The van der Waals surface area contributed by atoms with E-state index in [2.05, 4.69) is 0 Å². The second-order valence-electron chi connectivity index (χ2n) is 9.61. The normalized spacial score (nSPS) is 28.4. The number of amides is 3. The maximum Gasteiger partial charge on any atom is 0.417 e. The van der Waals surface area contributed by atoms with E-state index in [1.165, 1.54) is 4.90 Å². The predicted octanol–water partition coefficient (Wildman–Crippen LogP) is 3.65. The van der Waals surface area contributed by atoms with Crippen LogP contribution in [0.4, 0.5) is 9.59 Å². The highest BCUT2D eigenvalue weighted by Crippen LogP contribution is 2.48. The number of benzene rings is 1. The molecule has 1 aromatic rings. The zero-order valence-electron chi connectivity index (χ0n) is 18.7. The Morgan fingerprint density at radius 1 is 1.23 bits per heavy atom. The summed E-state index contributed by atoms with van der Waals surface area (Å²) in [5.41, 5.74) is -0.982. The lowest BCUT2D eigenvalue weighted by atomic mass is 9.65. The Morgan fingerprint density at radius 2 is 1.84 bits per heavy atom. The Bertz CT molecular complexity index is 851. The Labute approximate surface area is 182 Å². The van der Waals surface area contributed by atoms with E-state index in [9.17, 15) is 24.6 Å². The van der Waals surface area contributed by atoms with Crippen LogP contribution >= 0.6 is 0 Å². The van der Waals surface area contributed by atoms with Gasteiger partial charge >= 0.3 is 12.2 Å². The average Bonchev–Trinajstić information content (AvgIpc) is 3.29. The van der Waals surface area contributed by atoms with Crippen molar-refractivity contribution in [2.24, 2.45) is 11.3 Å². The minimum absolute atomic E-state index is 0.294. The summed E-state index contributed by atoms with van der Waals surface area (Å²) in [5.74, 6) is -1.56. The Balaban J connectivity index is 1.89. The van der Waals surface area contributed by atoms with Crippen LogP contribution in [-0.2, 0) is 9.53 Å². The zero-order chi connectivity index (χ0) is 23.1. The standard InChI is InChI=1S/C23H32N2O6/c1-14(18(26)23(22(3,4)5)12-9-13-24(23)20(28)29)19(27)25-15(2)17(31-21(25)30)16-10-7-6-8-11-16/h6-8,10-11,14-15,17-18,26H,9,12-13H2,1-5H3,(H,28,29)/t14-,15-,17-,18-,23-/m1/s1. The number of carboxylic acid groups (broad SMARTS) is 1. The van der Waals surface area contributed by atoms with E-state index in [0.29, 0.717) is 19.4 Å². The van der Waals surface area contributed by atoms with Crippen LogP contribution < -0.4 is 0 Å². The first kappa shape index (κ1) is 23.1. The van der Waals surface area contributed by atoms with Gasteiger partial charge in [0, 0.05) is 6.54 Å². The summed E-state index contributed by atoms with van der Waals surface area (Å²) >= 11 is 0. The van der Waals surface area contributed by atoms with Crippen molar-refractivity contribution >= 4 is 18.1 Å². The Morgan fingerprint density at radius 3 is 2.39 bits per heavy atom. The Hall–Kier alpha value is -2.61. The molecule has 2 saturated heterocycles. The predicted molar refractivity (Wildman–Crippen MR) is 113 cm³/mol. The van der Waals surface area contributed by atoms with Gasteiger partial charge in [0.15, 0.2) is 0 Å². The van der Waals surface area contributed by atoms with Crippen LogP contribution in [0.3, 0.4) is 0 Å². The average molecular weight is 433 g/mol. The van der Waals surface area contributed by atoms with Gasteiger partial charge in [-0.3, -0.25) is 9.69 Å². The van der Waals surface area contributed by atoms with Gasteiger partial charge in [0.2, 0.25) is 5.91 Å². The monoisotopic (exact) mass is 432 g/mol. The van der Waals surface area contributed by atoms with E-state index >= 15 is 0 Å². The summed E-state index contributed by atoms with van der Waals surface area (Å²) in [7, 11) is 0. The van der Waals surface area contributed by atoms with E-state index in [0.717, 1.165) is 10.5 Å². The van der Waals surface area contributed by atoms with E-state index < -0.39 is 53.2 Å². The molecule has 0 unspecified atom stereocenters. The molecule has 0 spiro atoms. The molecule has 2 aliphatic heterocycles. The van der Waals surface area contributed by atoms with Gasteiger partial charge in [0.05, 0.1) is 23.6 Å². The smallest absolute Gasteiger partial charge is 0.417 e. The van der Waals surface area contributed by atoms with Gasteiger partial charge in [-0.25, -0.2) is 14.5 Å². The molecular formula is C23H32N2O6. The van der Waals surface area contributed by atoms with Gasteiger partial charge in [-0.2, -0.15) is 0 Å². The lowest BCUT2D eigenvalue weighted by Crippen LogP contribution is -2.65. The first-order valence-corrected chi connectivity index (χ1v) is 10.7. The number of ether oxygens (including phenoxy) is 1. The van der Waals surface area contributed by atoms with Gasteiger partial charge < -0.3 is 14.9 Å². The minimum atomic E-state index is -1.28. The fourth-order valence-electron chi connectivity index (χ4n) is 5.25. The molecular weight excluding hydrogens is 400 g/mol. The molecule has 2 aliphatic rings. The van der Waals surface area contributed by atoms with Crippen molar-refractivity contribution < 1.29 is 29.3 Å². The van der Waals surface area contributed by atoms with Crippen LogP contribution in [0.5, 0.6) is 0 Å². The van der Waals surface area contributed by atoms with Crippen LogP contribution in [0.15, 0.2) is 30.3 Å². The summed E-state index contributed by atoms with van der Waals surface area (Å²) in [5, 5.41) is 21.2. The summed E-state index contributed by atoms with van der Waals surface area (Å²) in [6.45, 7) is 9.18. The molecule has 170 valence electrons. The molecule has 0 radical (unpaired) electrons. The lowest BCUT2D eigenvalue weighted by molar-refractivity contribution is -0.145. The SMILES string of the molecule is C[C@@H]1[C@H](c2ccccc2)OC(=O)N1C(=O)[C@H](C)[C@@H](O)[C@@]1(C(C)(C)C)CCCN1C(=O)O. The fraction of sp³-hybridized carbons (Fsp3) is 0.609. The molecule has 31 heavy (non-hydrogen) atoms. The topological polar surface area (TPSA) is 107 Å². The van der Waals surface area contributed by atoms with Crippen molar-refractivity contribution in [3.05, 3.63) is 35.9 Å². The number of nitrogens with zero attached hydrogens (tertiary/aromatic N) is 2. The van der Waals surface area contributed by atoms with E-state index in [1.54, 1.807) is 13.8 Å². The van der Waals surface area contributed by atoms with Crippen LogP contribution in [0.1, 0.15) is 59.1 Å². The van der Waals surface area contributed by atoms with Crippen molar-refractivity contribution in [2.45, 2.75) is 71.2 Å². The second-order valence-corrected chi connectivity index (χ2v) is 9.61. The maximum absolute atomic E-state index is 13.4. The number of rotatable bonds is 4. The van der Waals surface area contributed by atoms with Crippen molar-refractivity contribution in [3.63, 3.8) is 0 Å². The highest BCUT2D eigenvalue weighted by atomic mass is 16.6. The molecule has 3 amide bonds. The first-order chi connectivity index (χ1) is 14.4. The van der Waals surface area contributed by atoms with Crippen molar-refractivity contribution in [2.75, 3.05) is 6.54 Å². The molecule has 0 saturated carbocycles. The number of likely N-dealkylation sites (tertiary alicyclic amines) is 1. The molecule has 1 aromatic carbocycles. The van der Waals surface area contributed by atoms with Crippen LogP contribution in [0.2, 0.25) is 0 Å². The lowest BCUT2D eigenvalue weighted by Gasteiger charge is -2.51. The third-order valence-electron chi connectivity index (χ3n) is 6.94. The van der Waals surface area contributed by atoms with Crippen LogP contribution in [0, 0.1) is 11.3 Å². The first-order valence-electron chi connectivity index (χ1n) is 10.7. The number of carbonyl (C=O) groups is 3. The van der Waals surface area contributed by atoms with E-state index in [1.807, 2.05) is 51.1 Å². The van der Waals surface area contributed by atoms with E-state index in [4.69, 9.17) is 4.74 Å². The van der Waals surface area contributed by atoms with E-state index in [-0.39, 0.29) is 0 Å². The molecule has 2 fully saturated rings. The molecule has 5 atom stereocenters. The fourth-order valence-corrected chi connectivity index (χ4v) is 5.25. The van der Waals surface area contributed by atoms with Gasteiger partial charge in [0.1, 0.15) is 6.10 Å². The number of aliphatic hydroxyl groups is 1. The summed E-state index contributed by atoms with van der Waals surface area (Å²) < 4.78 is 5.48. The van der Waals surface area contributed by atoms with Gasteiger partial charge in [-0.05, 0) is 30.7 Å². The van der Waals surface area contributed by atoms with Gasteiger partial charge in [-0.1, -0.05) is 58.0 Å². The van der Waals surface area contributed by atoms with Gasteiger partial charge in [-0.15, -0.1) is 0 Å². The molecule has 0 aliphatic carbocycles.